The van der Waals surface area contributed by atoms with E-state index in [2.05, 4.69) is 10.2 Å². The first-order chi connectivity index (χ1) is 19.2. The van der Waals surface area contributed by atoms with E-state index in [0.717, 1.165) is 0 Å². The number of rotatable bonds is 8. The second kappa shape index (κ2) is 12.4. The van der Waals surface area contributed by atoms with Crippen LogP contribution in [0.15, 0.2) is 53.7 Å². The van der Waals surface area contributed by atoms with Gasteiger partial charge in [-0.1, -0.05) is 24.3 Å². The average molecular weight is 555 g/mol. The minimum Gasteiger partial charge on any atom is -0.493 e. The van der Waals surface area contributed by atoms with Gasteiger partial charge in [0.15, 0.2) is 11.5 Å². The molecule has 0 aliphatic carbocycles. The van der Waals surface area contributed by atoms with Crippen LogP contribution in [0.5, 0.6) is 11.5 Å². The summed E-state index contributed by atoms with van der Waals surface area (Å²) in [6, 6.07) is 9.74. The molecular formula is C29H35FN4O6. The third-order valence-corrected chi connectivity index (χ3v) is 7.27. The molecule has 2 atom stereocenters. The van der Waals surface area contributed by atoms with Crippen molar-refractivity contribution in [3.05, 3.63) is 70.7 Å². The van der Waals surface area contributed by atoms with Gasteiger partial charge in [0.25, 0.3) is 5.91 Å². The van der Waals surface area contributed by atoms with Gasteiger partial charge in [0.1, 0.15) is 5.82 Å². The van der Waals surface area contributed by atoms with Gasteiger partial charge in [0.2, 0.25) is 0 Å². The first-order valence-corrected chi connectivity index (χ1v) is 13.1. The monoisotopic (exact) mass is 554 g/mol. The van der Waals surface area contributed by atoms with Gasteiger partial charge in [-0.3, -0.25) is 14.6 Å². The number of likely N-dealkylation sites (N-methyl/N-ethyl adjacent to an activating group) is 1. The second-order valence-corrected chi connectivity index (χ2v) is 9.67. The zero-order valence-corrected chi connectivity index (χ0v) is 23.4. The van der Waals surface area contributed by atoms with Crippen molar-refractivity contribution < 1.29 is 33.0 Å². The number of carbonyl (C=O) groups is 3. The highest BCUT2D eigenvalue weighted by Crippen LogP contribution is 2.40. The summed E-state index contributed by atoms with van der Waals surface area (Å²) in [5.74, 6) is -0.617. The molecule has 10 nitrogen and oxygen atoms in total. The van der Waals surface area contributed by atoms with E-state index in [0.29, 0.717) is 42.4 Å². The molecule has 3 amide bonds. The first kappa shape index (κ1) is 28.9. The smallest absolute Gasteiger partial charge is 0.338 e. The Morgan fingerprint density at radius 2 is 1.82 bits per heavy atom. The number of methoxy groups -OCH3 is 2. The van der Waals surface area contributed by atoms with Crippen LogP contribution in [0, 0.1) is 5.82 Å². The molecule has 11 heteroatoms. The van der Waals surface area contributed by atoms with Crippen LogP contribution in [0.3, 0.4) is 0 Å². The Balaban J connectivity index is 1.66. The van der Waals surface area contributed by atoms with Crippen molar-refractivity contribution >= 4 is 17.9 Å². The number of ether oxygens (including phenoxy) is 3. The lowest BCUT2D eigenvalue weighted by Gasteiger charge is -2.42. The second-order valence-electron chi connectivity index (χ2n) is 9.67. The molecular weight excluding hydrogens is 519 g/mol. The molecule has 214 valence electrons. The van der Waals surface area contributed by atoms with Crippen LogP contribution in [0.4, 0.5) is 9.18 Å². The number of esters is 1. The Labute approximate surface area is 233 Å². The predicted molar refractivity (Wildman–Crippen MR) is 146 cm³/mol. The van der Waals surface area contributed by atoms with Crippen LogP contribution >= 0.6 is 0 Å². The van der Waals surface area contributed by atoms with Crippen molar-refractivity contribution in [2.24, 2.45) is 0 Å². The molecule has 0 saturated carbocycles. The molecule has 2 aromatic carbocycles. The van der Waals surface area contributed by atoms with E-state index < -0.39 is 17.8 Å². The Kier molecular flexibility index (Phi) is 8.93. The lowest BCUT2D eigenvalue weighted by Crippen LogP contribution is -2.56. The third-order valence-electron chi connectivity index (χ3n) is 7.27. The third kappa shape index (κ3) is 5.60. The van der Waals surface area contributed by atoms with Crippen molar-refractivity contribution in [1.29, 1.82) is 0 Å². The molecule has 1 N–H and O–H groups in total. The van der Waals surface area contributed by atoms with Crippen molar-refractivity contribution in [2.75, 3.05) is 54.1 Å². The molecule has 0 radical (unpaired) electrons. The van der Waals surface area contributed by atoms with Crippen LogP contribution in [0.25, 0.3) is 0 Å². The zero-order valence-electron chi connectivity index (χ0n) is 23.4. The molecule has 4 rings (SSSR count). The van der Waals surface area contributed by atoms with Gasteiger partial charge in [-0.15, -0.1) is 0 Å². The number of amides is 3. The van der Waals surface area contributed by atoms with Crippen LogP contribution in [-0.4, -0.2) is 92.7 Å². The zero-order chi connectivity index (χ0) is 29.0. The van der Waals surface area contributed by atoms with Gasteiger partial charge in [0, 0.05) is 50.5 Å². The van der Waals surface area contributed by atoms with Gasteiger partial charge >= 0.3 is 12.0 Å². The topological polar surface area (TPSA) is 101 Å². The summed E-state index contributed by atoms with van der Waals surface area (Å²) in [5, 5.41) is 2.91. The van der Waals surface area contributed by atoms with Crippen molar-refractivity contribution in [3.8, 4) is 11.5 Å². The van der Waals surface area contributed by atoms with E-state index in [1.54, 1.807) is 49.2 Å². The fraction of sp³-hybridized carbons (Fsp3) is 0.414. The van der Waals surface area contributed by atoms with Crippen molar-refractivity contribution in [3.63, 3.8) is 0 Å². The minimum atomic E-state index is -0.843. The highest BCUT2D eigenvalue weighted by Gasteiger charge is 2.40. The number of nitrogens with one attached hydrogen (secondary N) is 1. The average Bonchev–Trinajstić information content (AvgIpc) is 2.94. The maximum Gasteiger partial charge on any atom is 0.338 e. The maximum absolute atomic E-state index is 14.3. The largest absolute Gasteiger partial charge is 0.493 e. The van der Waals surface area contributed by atoms with Gasteiger partial charge in [-0.05, 0) is 32.0 Å². The number of nitrogens with zero attached hydrogens (tertiary/aromatic N) is 3. The van der Waals surface area contributed by atoms with E-state index in [9.17, 15) is 18.8 Å². The van der Waals surface area contributed by atoms with Crippen LogP contribution in [0.1, 0.15) is 35.8 Å². The van der Waals surface area contributed by atoms with E-state index in [-0.39, 0.29) is 42.3 Å². The van der Waals surface area contributed by atoms with Gasteiger partial charge in [0.05, 0.1) is 38.0 Å². The number of urea groups is 1. The number of benzene rings is 2. The normalized spacial score (nSPS) is 19.8. The molecule has 2 aliphatic rings. The minimum absolute atomic E-state index is 0.0360. The summed E-state index contributed by atoms with van der Waals surface area (Å²) in [5.41, 5.74) is 1.36. The van der Waals surface area contributed by atoms with Crippen molar-refractivity contribution in [1.82, 2.24) is 20.0 Å². The van der Waals surface area contributed by atoms with Crippen molar-refractivity contribution in [2.45, 2.75) is 25.9 Å². The Morgan fingerprint density at radius 1 is 1.07 bits per heavy atom. The van der Waals surface area contributed by atoms with E-state index in [4.69, 9.17) is 14.2 Å². The summed E-state index contributed by atoms with van der Waals surface area (Å²) < 4.78 is 30.8. The van der Waals surface area contributed by atoms with Crippen LogP contribution in [-0.2, 0) is 9.53 Å². The molecule has 0 bridgehead atoms. The Bertz CT molecular complexity index is 1320. The number of para-hydroxylation sites is 1. The van der Waals surface area contributed by atoms with Crippen LogP contribution in [0.2, 0.25) is 0 Å². The fourth-order valence-electron chi connectivity index (χ4n) is 5.25. The van der Waals surface area contributed by atoms with E-state index in [1.165, 1.54) is 31.3 Å². The number of halogens is 1. The summed E-state index contributed by atoms with van der Waals surface area (Å²) in [7, 11) is 4.61. The maximum atomic E-state index is 14.3. The Morgan fingerprint density at radius 3 is 2.48 bits per heavy atom. The highest BCUT2D eigenvalue weighted by molar-refractivity contribution is 5.96. The molecule has 0 aromatic heterocycles. The molecule has 1 fully saturated rings. The fourth-order valence-corrected chi connectivity index (χ4v) is 5.25. The number of carbonyl (C=O) groups excluding carboxylic acids is 3. The first-order valence-electron chi connectivity index (χ1n) is 13.1. The molecule has 2 aromatic rings. The number of hydrogen-bond acceptors (Lipinski definition) is 7. The standard InChI is InChI=1S/C29H35FN4O6/c1-6-40-28(36)24-22(32(3)29(37)31-25(24)20-11-9-13-23(38-4)26(20)39-5)17-33-14-15-34(18(2)16-33)27(35)19-10-7-8-12-21(19)30/h7-13,18,25H,6,14-17H2,1-5H3,(H,31,37). The predicted octanol–water partition coefficient (Wildman–Crippen LogP) is 3.20. The molecule has 2 heterocycles. The molecule has 40 heavy (non-hydrogen) atoms. The molecule has 0 spiro atoms. The molecule has 1 saturated heterocycles. The lowest BCUT2D eigenvalue weighted by atomic mass is 9.93. The SMILES string of the molecule is CCOC(=O)C1=C(CN2CCN(C(=O)c3ccccc3F)C(C)C2)N(C)C(=O)NC1c1cccc(OC)c1OC. The number of piperazine rings is 1. The molecule has 2 unspecified atom stereocenters. The summed E-state index contributed by atoms with van der Waals surface area (Å²) in [6.07, 6.45) is 0. The number of hydrogen-bond donors (Lipinski definition) is 1. The highest BCUT2D eigenvalue weighted by atomic mass is 19.1. The quantitative estimate of drug-likeness (QED) is 0.500. The Hall–Kier alpha value is -4.12. The van der Waals surface area contributed by atoms with Gasteiger partial charge in [-0.2, -0.15) is 0 Å². The van der Waals surface area contributed by atoms with Crippen LogP contribution < -0.4 is 14.8 Å². The van der Waals surface area contributed by atoms with E-state index >= 15 is 0 Å². The van der Waals surface area contributed by atoms with Gasteiger partial charge < -0.3 is 24.4 Å². The lowest BCUT2D eigenvalue weighted by molar-refractivity contribution is -0.139. The summed E-state index contributed by atoms with van der Waals surface area (Å²) in [4.78, 5) is 44.7. The summed E-state index contributed by atoms with van der Waals surface area (Å²) in [6.45, 7) is 5.31. The van der Waals surface area contributed by atoms with Gasteiger partial charge in [-0.25, -0.2) is 14.0 Å². The van der Waals surface area contributed by atoms with E-state index in [1.807, 2.05) is 6.92 Å². The molecule has 2 aliphatic heterocycles. The summed E-state index contributed by atoms with van der Waals surface area (Å²) >= 11 is 0.